The van der Waals surface area contributed by atoms with Crippen molar-refractivity contribution in [2.45, 2.75) is 39.7 Å². The van der Waals surface area contributed by atoms with Crippen molar-refractivity contribution in [2.24, 2.45) is 11.8 Å². The first-order chi connectivity index (χ1) is 9.97. The van der Waals surface area contributed by atoms with E-state index in [1.165, 1.54) is 12.8 Å². The number of carbonyl (C=O) groups is 1. The van der Waals surface area contributed by atoms with Gasteiger partial charge in [-0.3, -0.25) is 9.69 Å². The molecule has 1 unspecified atom stereocenters. The summed E-state index contributed by atoms with van der Waals surface area (Å²) < 4.78 is 0. The Balaban J connectivity index is 1.88. The number of nitrogens with one attached hydrogen (secondary N) is 1. The Kier molecular flexibility index (Phi) is 5.23. The molecule has 4 heteroatoms. The summed E-state index contributed by atoms with van der Waals surface area (Å²) in [5.41, 5.74) is 7.17. The van der Waals surface area contributed by atoms with Crippen molar-refractivity contribution >= 4 is 17.3 Å². The van der Waals surface area contributed by atoms with E-state index >= 15 is 0 Å². The van der Waals surface area contributed by atoms with Crippen LogP contribution in [0.5, 0.6) is 0 Å². The van der Waals surface area contributed by atoms with Gasteiger partial charge in [-0.15, -0.1) is 0 Å². The van der Waals surface area contributed by atoms with E-state index in [1.807, 2.05) is 25.1 Å². The molecule has 116 valence electrons. The average Bonchev–Trinajstić information content (AvgIpc) is 2.46. The maximum atomic E-state index is 12.3. The Bertz CT molecular complexity index is 479. The second-order valence-corrected chi connectivity index (χ2v) is 6.41. The number of likely N-dealkylation sites (tertiary alicyclic amines) is 1. The normalized spacial score (nSPS) is 18.7. The molecule has 1 aliphatic rings. The van der Waals surface area contributed by atoms with E-state index in [2.05, 4.69) is 24.1 Å². The minimum atomic E-state index is -0.0976. The fraction of sp³-hybridized carbons (Fsp3) is 0.588. The van der Waals surface area contributed by atoms with E-state index in [0.717, 1.165) is 30.6 Å². The fourth-order valence-corrected chi connectivity index (χ4v) is 3.00. The van der Waals surface area contributed by atoms with Gasteiger partial charge in [-0.1, -0.05) is 19.9 Å². The lowest BCUT2D eigenvalue weighted by Crippen LogP contribution is -2.46. The van der Waals surface area contributed by atoms with Crippen LogP contribution in [0.4, 0.5) is 11.4 Å². The number of anilines is 2. The lowest BCUT2D eigenvalue weighted by molar-refractivity contribution is -0.121. The smallest absolute Gasteiger partial charge is 0.241 e. The van der Waals surface area contributed by atoms with Crippen LogP contribution in [-0.2, 0) is 4.79 Å². The molecule has 1 aliphatic heterocycles. The largest absolute Gasteiger partial charge is 0.399 e. The molecule has 0 bridgehead atoms. The first kappa shape index (κ1) is 15.8. The number of benzene rings is 1. The van der Waals surface area contributed by atoms with E-state index < -0.39 is 0 Å². The lowest BCUT2D eigenvalue weighted by Gasteiger charge is -2.36. The quantitative estimate of drug-likeness (QED) is 0.838. The molecule has 1 amide bonds. The van der Waals surface area contributed by atoms with Crippen LogP contribution in [0.25, 0.3) is 0 Å². The van der Waals surface area contributed by atoms with Crippen molar-refractivity contribution in [3.63, 3.8) is 0 Å². The monoisotopic (exact) mass is 289 g/mol. The van der Waals surface area contributed by atoms with Gasteiger partial charge in [0, 0.05) is 11.4 Å². The van der Waals surface area contributed by atoms with Crippen molar-refractivity contribution in [1.29, 1.82) is 0 Å². The summed E-state index contributed by atoms with van der Waals surface area (Å²) in [6, 6.07) is 7.22. The lowest BCUT2D eigenvalue weighted by atomic mass is 9.86. The third-order valence-electron chi connectivity index (χ3n) is 4.60. The molecule has 3 N–H and O–H groups in total. The van der Waals surface area contributed by atoms with Crippen molar-refractivity contribution in [3.05, 3.63) is 24.3 Å². The van der Waals surface area contributed by atoms with Gasteiger partial charge in [0.2, 0.25) is 5.91 Å². The number of nitrogen functional groups attached to an aromatic ring is 1. The number of piperidine rings is 1. The average molecular weight is 289 g/mol. The summed E-state index contributed by atoms with van der Waals surface area (Å²) in [6.07, 6.45) is 2.38. The molecular formula is C17H27N3O. The molecule has 0 aromatic heterocycles. The van der Waals surface area contributed by atoms with Crippen LogP contribution in [0.3, 0.4) is 0 Å². The van der Waals surface area contributed by atoms with Crippen molar-refractivity contribution in [1.82, 2.24) is 4.90 Å². The summed E-state index contributed by atoms with van der Waals surface area (Å²) in [5.74, 6) is 1.58. The standard InChI is InChI=1S/C17H27N3O/c1-12(2)14-7-9-20(10-8-14)13(3)17(21)19-16-6-4-5-15(18)11-16/h4-6,11-14H,7-10,18H2,1-3H3,(H,19,21). The Labute approximate surface area is 127 Å². The molecule has 0 spiro atoms. The van der Waals surface area contributed by atoms with Gasteiger partial charge in [0.15, 0.2) is 0 Å². The Morgan fingerprint density at radius 1 is 1.29 bits per heavy atom. The Hall–Kier alpha value is -1.55. The van der Waals surface area contributed by atoms with Crippen LogP contribution >= 0.6 is 0 Å². The molecule has 1 heterocycles. The number of hydrogen-bond donors (Lipinski definition) is 2. The number of hydrogen-bond acceptors (Lipinski definition) is 3. The fourth-order valence-electron chi connectivity index (χ4n) is 3.00. The van der Waals surface area contributed by atoms with Gasteiger partial charge < -0.3 is 11.1 Å². The predicted molar refractivity (Wildman–Crippen MR) is 88.1 cm³/mol. The molecule has 1 saturated heterocycles. The minimum absolute atomic E-state index is 0.0450. The zero-order valence-corrected chi connectivity index (χ0v) is 13.3. The molecule has 1 aromatic rings. The van der Waals surface area contributed by atoms with Crippen LogP contribution in [-0.4, -0.2) is 29.9 Å². The molecule has 0 aliphatic carbocycles. The highest BCUT2D eigenvalue weighted by Gasteiger charge is 2.27. The third kappa shape index (κ3) is 4.21. The second kappa shape index (κ2) is 6.94. The number of carbonyl (C=O) groups excluding carboxylic acids is 1. The van der Waals surface area contributed by atoms with Crippen LogP contribution < -0.4 is 11.1 Å². The zero-order valence-electron chi connectivity index (χ0n) is 13.3. The highest BCUT2D eigenvalue weighted by molar-refractivity contribution is 5.94. The summed E-state index contributed by atoms with van der Waals surface area (Å²) in [4.78, 5) is 14.6. The first-order valence-electron chi connectivity index (χ1n) is 7.88. The summed E-state index contributed by atoms with van der Waals surface area (Å²) in [6.45, 7) is 8.58. The summed E-state index contributed by atoms with van der Waals surface area (Å²) in [5, 5.41) is 2.95. The van der Waals surface area contributed by atoms with Gasteiger partial charge in [-0.05, 0) is 62.9 Å². The van der Waals surface area contributed by atoms with Gasteiger partial charge in [0.1, 0.15) is 0 Å². The first-order valence-corrected chi connectivity index (χ1v) is 7.88. The van der Waals surface area contributed by atoms with E-state index in [1.54, 1.807) is 6.07 Å². The van der Waals surface area contributed by atoms with Crippen LogP contribution in [0.15, 0.2) is 24.3 Å². The maximum Gasteiger partial charge on any atom is 0.241 e. The molecule has 1 aromatic carbocycles. The van der Waals surface area contributed by atoms with E-state index in [9.17, 15) is 4.79 Å². The third-order valence-corrected chi connectivity index (χ3v) is 4.60. The zero-order chi connectivity index (χ0) is 15.4. The Morgan fingerprint density at radius 3 is 2.52 bits per heavy atom. The van der Waals surface area contributed by atoms with Gasteiger partial charge in [0.05, 0.1) is 6.04 Å². The van der Waals surface area contributed by atoms with Gasteiger partial charge >= 0.3 is 0 Å². The van der Waals surface area contributed by atoms with Gasteiger partial charge in [-0.25, -0.2) is 0 Å². The van der Waals surface area contributed by atoms with E-state index in [-0.39, 0.29) is 11.9 Å². The number of nitrogens with zero attached hydrogens (tertiary/aromatic N) is 1. The second-order valence-electron chi connectivity index (χ2n) is 6.41. The molecular weight excluding hydrogens is 262 g/mol. The number of nitrogens with two attached hydrogens (primary N) is 1. The number of rotatable bonds is 4. The van der Waals surface area contributed by atoms with Crippen molar-refractivity contribution < 1.29 is 4.79 Å². The van der Waals surface area contributed by atoms with Crippen LogP contribution in [0.1, 0.15) is 33.6 Å². The molecule has 1 fully saturated rings. The molecule has 1 atom stereocenters. The van der Waals surface area contributed by atoms with Crippen LogP contribution in [0.2, 0.25) is 0 Å². The molecule has 0 radical (unpaired) electrons. The van der Waals surface area contributed by atoms with Crippen molar-refractivity contribution in [3.8, 4) is 0 Å². The van der Waals surface area contributed by atoms with Gasteiger partial charge in [-0.2, -0.15) is 0 Å². The highest BCUT2D eigenvalue weighted by atomic mass is 16.2. The van der Waals surface area contributed by atoms with Gasteiger partial charge in [0.25, 0.3) is 0 Å². The summed E-state index contributed by atoms with van der Waals surface area (Å²) in [7, 11) is 0. The SMILES string of the molecule is CC(C)C1CCN(C(C)C(=O)Nc2cccc(N)c2)CC1. The topological polar surface area (TPSA) is 58.4 Å². The number of amides is 1. The molecule has 0 saturated carbocycles. The van der Waals surface area contributed by atoms with E-state index in [4.69, 9.17) is 5.73 Å². The summed E-state index contributed by atoms with van der Waals surface area (Å²) >= 11 is 0. The Morgan fingerprint density at radius 2 is 1.95 bits per heavy atom. The molecule has 2 rings (SSSR count). The van der Waals surface area contributed by atoms with Crippen LogP contribution in [0, 0.1) is 11.8 Å². The molecule has 4 nitrogen and oxygen atoms in total. The van der Waals surface area contributed by atoms with E-state index in [0.29, 0.717) is 5.69 Å². The highest BCUT2D eigenvalue weighted by Crippen LogP contribution is 2.25. The van der Waals surface area contributed by atoms with Crippen molar-refractivity contribution in [2.75, 3.05) is 24.1 Å². The predicted octanol–water partition coefficient (Wildman–Crippen LogP) is 2.96. The molecule has 21 heavy (non-hydrogen) atoms. The minimum Gasteiger partial charge on any atom is -0.399 e. The maximum absolute atomic E-state index is 12.3.